The molecule has 3 heterocycles. The summed E-state index contributed by atoms with van der Waals surface area (Å²) in [5, 5.41) is 10.5. The average Bonchev–Trinajstić information content (AvgIpc) is 3.38. The van der Waals surface area contributed by atoms with Gasteiger partial charge in [-0.1, -0.05) is 0 Å². The van der Waals surface area contributed by atoms with Gasteiger partial charge in [-0.15, -0.1) is 0 Å². The fraction of sp³-hybridized carbons (Fsp3) is 0.150. The Morgan fingerprint density at radius 3 is 2.39 bits per heavy atom. The molecule has 0 aliphatic rings. The van der Waals surface area contributed by atoms with Crippen LogP contribution in [0.5, 0.6) is 5.88 Å². The van der Waals surface area contributed by atoms with E-state index >= 15 is 0 Å². The van der Waals surface area contributed by atoms with Crippen LogP contribution in [-0.2, 0) is 16.4 Å². The number of imidazole rings is 2. The number of aromatic amines is 1. The Bertz CT molecular complexity index is 1470. The second-order valence-electron chi connectivity index (χ2n) is 7.04. The molecule has 0 bridgehead atoms. The Kier molecular flexibility index (Phi) is 5.36. The number of H-pyrrole nitrogens is 1. The van der Waals surface area contributed by atoms with Crippen molar-refractivity contribution in [2.75, 3.05) is 0 Å². The van der Waals surface area contributed by atoms with Crippen LogP contribution in [0.1, 0.15) is 11.3 Å². The zero-order chi connectivity index (χ0) is 24.0. The highest BCUT2D eigenvalue weighted by molar-refractivity contribution is 7.92. The monoisotopic (exact) mass is 479 g/mol. The maximum absolute atomic E-state index is 13.0. The van der Waals surface area contributed by atoms with Gasteiger partial charge in [0.2, 0.25) is 5.88 Å². The highest BCUT2D eigenvalue weighted by Crippen LogP contribution is 2.31. The van der Waals surface area contributed by atoms with Gasteiger partial charge in [0.15, 0.2) is 5.82 Å². The summed E-state index contributed by atoms with van der Waals surface area (Å²) in [6, 6.07) is 6.90. The van der Waals surface area contributed by atoms with E-state index in [1.165, 1.54) is 11.5 Å². The van der Waals surface area contributed by atoms with E-state index < -0.39 is 31.8 Å². The molecule has 9 nitrogen and oxygen atoms in total. The lowest BCUT2D eigenvalue weighted by Crippen LogP contribution is -2.25. The van der Waals surface area contributed by atoms with Crippen molar-refractivity contribution in [3.63, 3.8) is 0 Å². The number of aromatic hydroxyl groups is 1. The molecule has 0 saturated heterocycles. The molecule has 0 amide bonds. The number of benzene rings is 1. The average molecular weight is 479 g/mol. The summed E-state index contributed by atoms with van der Waals surface area (Å²) in [5.74, 6) is 0.113. The van der Waals surface area contributed by atoms with E-state index in [0.717, 1.165) is 28.8 Å². The van der Waals surface area contributed by atoms with Crippen LogP contribution in [0.15, 0.2) is 64.7 Å². The number of sulfone groups is 1. The molecule has 0 aliphatic heterocycles. The van der Waals surface area contributed by atoms with Crippen molar-refractivity contribution >= 4 is 9.84 Å². The highest BCUT2D eigenvalue weighted by atomic mass is 32.2. The van der Waals surface area contributed by atoms with Crippen LogP contribution in [0.3, 0.4) is 0 Å². The zero-order valence-electron chi connectivity index (χ0n) is 16.9. The van der Waals surface area contributed by atoms with Crippen LogP contribution in [0.4, 0.5) is 13.2 Å². The minimum Gasteiger partial charge on any atom is -0.493 e. The zero-order valence-corrected chi connectivity index (χ0v) is 17.7. The second kappa shape index (κ2) is 7.92. The highest BCUT2D eigenvalue weighted by Gasteiger charge is 2.46. The first kappa shape index (κ1) is 22.3. The van der Waals surface area contributed by atoms with E-state index in [1.807, 2.05) is 0 Å². The molecule has 0 fully saturated rings. The van der Waals surface area contributed by atoms with E-state index in [4.69, 9.17) is 0 Å². The molecule has 13 heteroatoms. The SMILES string of the molecule is Cc1c(O)n(-c2ccc(S(=O)(=O)C(F)(F)F)cc2)c(=O)n1Cc1ccnc(-c2ncc[nH]2)c1. The molecule has 2 N–H and O–H groups in total. The van der Waals surface area contributed by atoms with Crippen molar-refractivity contribution in [3.05, 3.63) is 76.7 Å². The molecular formula is C20H16F3N5O4S. The van der Waals surface area contributed by atoms with Gasteiger partial charge in [-0.05, 0) is 48.9 Å². The summed E-state index contributed by atoms with van der Waals surface area (Å²) in [6.45, 7) is 1.58. The van der Waals surface area contributed by atoms with Crippen LogP contribution in [0.25, 0.3) is 17.2 Å². The molecule has 4 aromatic rings. The van der Waals surface area contributed by atoms with Crippen molar-refractivity contribution in [1.82, 2.24) is 24.1 Å². The van der Waals surface area contributed by atoms with Gasteiger partial charge in [-0.25, -0.2) is 22.8 Å². The molecule has 0 aliphatic carbocycles. The number of hydrogen-bond acceptors (Lipinski definition) is 6. The van der Waals surface area contributed by atoms with Gasteiger partial charge in [-0.3, -0.25) is 9.55 Å². The Morgan fingerprint density at radius 1 is 1.09 bits per heavy atom. The Hall–Kier alpha value is -3.87. The Morgan fingerprint density at radius 2 is 1.79 bits per heavy atom. The van der Waals surface area contributed by atoms with Crippen molar-refractivity contribution in [1.29, 1.82) is 0 Å². The number of nitrogens with zero attached hydrogens (tertiary/aromatic N) is 4. The lowest BCUT2D eigenvalue weighted by molar-refractivity contribution is -0.0436. The molecular weight excluding hydrogens is 463 g/mol. The van der Waals surface area contributed by atoms with Crippen LogP contribution in [0, 0.1) is 6.92 Å². The molecule has 0 radical (unpaired) electrons. The molecule has 4 rings (SSSR count). The first-order valence-corrected chi connectivity index (χ1v) is 10.9. The van der Waals surface area contributed by atoms with Crippen LogP contribution in [-0.4, -0.2) is 43.1 Å². The number of hydrogen-bond donors (Lipinski definition) is 2. The number of alkyl halides is 3. The van der Waals surface area contributed by atoms with Crippen molar-refractivity contribution in [2.45, 2.75) is 23.9 Å². The smallest absolute Gasteiger partial charge is 0.493 e. The number of pyridine rings is 1. The fourth-order valence-electron chi connectivity index (χ4n) is 3.25. The standard InChI is InChI=1S/C20H16F3N5O4S/c1-12-18(29)28(14-2-4-15(5-3-14)33(31,32)20(21,22)23)19(30)27(12)11-13-6-7-24-16(10-13)17-25-8-9-26-17/h2-10,29H,11H2,1H3,(H,25,26). The second-order valence-corrected chi connectivity index (χ2v) is 8.98. The number of halogens is 3. The van der Waals surface area contributed by atoms with Gasteiger partial charge < -0.3 is 10.1 Å². The molecule has 0 saturated carbocycles. The number of nitrogens with one attached hydrogen (secondary N) is 1. The summed E-state index contributed by atoms with van der Waals surface area (Å²) in [7, 11) is -5.53. The predicted molar refractivity (Wildman–Crippen MR) is 111 cm³/mol. The van der Waals surface area contributed by atoms with Gasteiger partial charge in [0, 0.05) is 18.6 Å². The van der Waals surface area contributed by atoms with E-state index in [-0.39, 0.29) is 17.9 Å². The molecule has 0 spiro atoms. The molecule has 33 heavy (non-hydrogen) atoms. The third-order valence-electron chi connectivity index (χ3n) is 4.98. The first-order valence-electron chi connectivity index (χ1n) is 9.38. The van der Waals surface area contributed by atoms with Gasteiger partial charge in [0.05, 0.1) is 22.8 Å². The summed E-state index contributed by atoms with van der Waals surface area (Å²) < 4.78 is 63.5. The van der Waals surface area contributed by atoms with Gasteiger partial charge in [0.1, 0.15) is 5.69 Å². The topological polar surface area (TPSA) is 123 Å². The largest absolute Gasteiger partial charge is 0.501 e. The minimum atomic E-state index is -5.53. The summed E-state index contributed by atoms with van der Waals surface area (Å²) in [6.07, 6.45) is 4.76. The predicted octanol–water partition coefficient (Wildman–Crippen LogP) is 2.78. The summed E-state index contributed by atoms with van der Waals surface area (Å²) >= 11 is 0. The van der Waals surface area contributed by atoms with Gasteiger partial charge in [0.25, 0.3) is 9.84 Å². The molecule has 172 valence electrons. The third kappa shape index (κ3) is 3.91. The Balaban J connectivity index is 1.70. The molecule has 3 aromatic heterocycles. The minimum absolute atomic E-state index is 0.00600. The van der Waals surface area contributed by atoms with Gasteiger partial charge in [-0.2, -0.15) is 13.2 Å². The van der Waals surface area contributed by atoms with Crippen molar-refractivity contribution in [3.8, 4) is 23.1 Å². The van der Waals surface area contributed by atoms with Crippen LogP contribution in [0.2, 0.25) is 0 Å². The summed E-state index contributed by atoms with van der Waals surface area (Å²) in [5.41, 5.74) is -4.66. The maximum Gasteiger partial charge on any atom is 0.501 e. The van der Waals surface area contributed by atoms with Crippen LogP contribution < -0.4 is 5.69 Å². The van der Waals surface area contributed by atoms with Crippen molar-refractivity contribution < 1.29 is 26.7 Å². The summed E-state index contributed by atoms with van der Waals surface area (Å²) in [4.78, 5) is 23.3. The van der Waals surface area contributed by atoms with E-state index in [1.54, 1.807) is 30.7 Å². The quantitative estimate of drug-likeness (QED) is 0.454. The fourth-order valence-corrected chi connectivity index (χ4v) is 4.02. The molecule has 0 atom stereocenters. The number of aromatic nitrogens is 5. The van der Waals surface area contributed by atoms with E-state index in [9.17, 15) is 31.5 Å². The van der Waals surface area contributed by atoms with Crippen molar-refractivity contribution in [2.24, 2.45) is 0 Å². The number of rotatable bonds is 5. The Labute approximate surface area is 184 Å². The molecule has 0 unspecified atom stereocenters. The van der Waals surface area contributed by atoms with E-state index in [2.05, 4.69) is 15.0 Å². The third-order valence-corrected chi connectivity index (χ3v) is 6.48. The first-order chi connectivity index (χ1) is 15.5. The van der Waals surface area contributed by atoms with Gasteiger partial charge >= 0.3 is 11.2 Å². The lowest BCUT2D eigenvalue weighted by atomic mass is 10.2. The van der Waals surface area contributed by atoms with Crippen LogP contribution >= 0.6 is 0 Å². The maximum atomic E-state index is 13.0. The molecule has 1 aromatic carbocycles. The normalized spacial score (nSPS) is 12.2. The van der Waals surface area contributed by atoms with E-state index in [0.29, 0.717) is 17.1 Å². The lowest BCUT2D eigenvalue weighted by Gasteiger charge is -2.09.